The predicted octanol–water partition coefficient (Wildman–Crippen LogP) is 3.05. The summed E-state index contributed by atoms with van der Waals surface area (Å²) in [4.78, 5) is 49.7. The highest BCUT2D eigenvalue weighted by Gasteiger charge is 2.40. The third-order valence-corrected chi connectivity index (χ3v) is 5.16. The zero-order valence-corrected chi connectivity index (χ0v) is 15.4. The van der Waals surface area contributed by atoms with Crippen molar-refractivity contribution < 1.29 is 28.7 Å². The van der Waals surface area contributed by atoms with Crippen LogP contribution in [-0.2, 0) is 9.59 Å². The second-order valence-electron chi connectivity index (χ2n) is 6.98. The molecule has 1 saturated heterocycles. The number of imide groups is 2. The molecule has 8 nitrogen and oxygen atoms in total. The standard InChI is InChI=1S/C21H18N2O6/c24-18-16(19(25)23(21(28)22-18)12-5-1-2-6-12)11-13-9-10-17(29-13)14-7-3-4-8-15(14)20(26)27/h3-4,7-12H,1-2,5-6H2,(H,26,27)(H,22,24,28)/b16-11+. The molecule has 1 aliphatic heterocycles. The van der Waals surface area contributed by atoms with Gasteiger partial charge >= 0.3 is 12.0 Å². The monoisotopic (exact) mass is 394 g/mol. The van der Waals surface area contributed by atoms with Crippen LogP contribution in [0.5, 0.6) is 0 Å². The number of carboxylic acids is 1. The molecule has 148 valence electrons. The Morgan fingerprint density at radius 2 is 1.83 bits per heavy atom. The number of nitrogens with zero attached hydrogens (tertiary/aromatic N) is 1. The molecule has 1 aromatic heterocycles. The second-order valence-corrected chi connectivity index (χ2v) is 6.98. The van der Waals surface area contributed by atoms with Gasteiger partial charge in [0.05, 0.1) is 5.56 Å². The summed E-state index contributed by atoms with van der Waals surface area (Å²) in [6, 6.07) is 8.56. The maximum atomic E-state index is 12.8. The van der Waals surface area contributed by atoms with Crippen molar-refractivity contribution in [2.45, 2.75) is 31.7 Å². The Morgan fingerprint density at radius 1 is 1.10 bits per heavy atom. The van der Waals surface area contributed by atoms with Gasteiger partial charge in [0.25, 0.3) is 11.8 Å². The fraction of sp³-hybridized carbons (Fsp3) is 0.238. The molecule has 8 heteroatoms. The van der Waals surface area contributed by atoms with E-state index < -0.39 is 23.8 Å². The zero-order valence-electron chi connectivity index (χ0n) is 15.4. The van der Waals surface area contributed by atoms with Crippen molar-refractivity contribution in [3.63, 3.8) is 0 Å². The number of amides is 4. The summed E-state index contributed by atoms with van der Waals surface area (Å²) in [5.41, 5.74) is 0.265. The van der Waals surface area contributed by atoms with Crippen molar-refractivity contribution in [1.29, 1.82) is 0 Å². The van der Waals surface area contributed by atoms with Gasteiger partial charge in [-0.2, -0.15) is 0 Å². The van der Waals surface area contributed by atoms with Crippen LogP contribution in [0.25, 0.3) is 17.4 Å². The van der Waals surface area contributed by atoms with Crippen molar-refractivity contribution in [2.75, 3.05) is 0 Å². The summed E-state index contributed by atoms with van der Waals surface area (Å²) in [7, 11) is 0. The maximum Gasteiger partial charge on any atom is 0.336 e. The third kappa shape index (κ3) is 3.44. The molecule has 0 spiro atoms. The molecule has 1 aromatic carbocycles. The number of carboxylic acid groups (broad SMARTS) is 1. The van der Waals surface area contributed by atoms with Gasteiger partial charge in [-0.25, -0.2) is 9.59 Å². The van der Waals surface area contributed by atoms with Crippen molar-refractivity contribution in [3.8, 4) is 11.3 Å². The topological polar surface area (TPSA) is 117 Å². The lowest BCUT2D eigenvalue weighted by atomic mass is 10.1. The van der Waals surface area contributed by atoms with Crippen LogP contribution in [0.2, 0.25) is 0 Å². The molecule has 1 aliphatic carbocycles. The molecule has 29 heavy (non-hydrogen) atoms. The molecule has 0 radical (unpaired) electrons. The van der Waals surface area contributed by atoms with E-state index in [-0.39, 0.29) is 22.9 Å². The summed E-state index contributed by atoms with van der Waals surface area (Å²) in [5.74, 6) is -2.02. The molecule has 0 unspecified atom stereocenters. The second kappa shape index (κ2) is 7.38. The van der Waals surface area contributed by atoms with Gasteiger partial charge in [0.15, 0.2) is 0 Å². The number of furan rings is 1. The molecule has 2 heterocycles. The summed E-state index contributed by atoms with van der Waals surface area (Å²) in [6.45, 7) is 0. The van der Waals surface area contributed by atoms with E-state index >= 15 is 0 Å². The molecule has 0 bridgehead atoms. The van der Waals surface area contributed by atoms with Gasteiger partial charge in [-0.05, 0) is 37.1 Å². The first-order valence-electron chi connectivity index (χ1n) is 9.29. The first kappa shape index (κ1) is 18.7. The fourth-order valence-corrected chi connectivity index (χ4v) is 3.77. The first-order valence-corrected chi connectivity index (χ1v) is 9.29. The molecular weight excluding hydrogens is 376 g/mol. The molecule has 2 aliphatic rings. The van der Waals surface area contributed by atoms with Gasteiger partial charge in [-0.1, -0.05) is 31.0 Å². The number of barbiturate groups is 1. The first-order chi connectivity index (χ1) is 14.0. The summed E-state index contributed by atoms with van der Waals surface area (Å²) >= 11 is 0. The molecular formula is C21H18N2O6. The van der Waals surface area contributed by atoms with Gasteiger partial charge in [0.1, 0.15) is 17.1 Å². The molecule has 1 saturated carbocycles. The van der Waals surface area contributed by atoms with Crippen molar-refractivity contribution in [3.05, 3.63) is 53.3 Å². The molecule has 2 N–H and O–H groups in total. The average molecular weight is 394 g/mol. The Bertz CT molecular complexity index is 1040. The summed E-state index contributed by atoms with van der Waals surface area (Å²) in [5, 5.41) is 11.5. The minimum Gasteiger partial charge on any atom is -0.478 e. The molecule has 4 rings (SSSR count). The molecule has 0 atom stereocenters. The lowest BCUT2D eigenvalue weighted by molar-refractivity contribution is -0.131. The Hall–Kier alpha value is -3.68. The number of urea groups is 1. The van der Waals surface area contributed by atoms with Crippen molar-refractivity contribution in [2.24, 2.45) is 0 Å². The SMILES string of the molecule is O=C1NC(=O)N(C2CCCC2)C(=O)/C1=C/c1ccc(-c2ccccc2C(=O)O)o1. The minimum atomic E-state index is -1.09. The van der Waals surface area contributed by atoms with Gasteiger partial charge in [-0.3, -0.25) is 19.8 Å². The van der Waals surface area contributed by atoms with E-state index in [0.29, 0.717) is 11.3 Å². The van der Waals surface area contributed by atoms with Crippen LogP contribution in [0.4, 0.5) is 4.79 Å². The largest absolute Gasteiger partial charge is 0.478 e. The fourth-order valence-electron chi connectivity index (χ4n) is 3.77. The number of hydrogen-bond donors (Lipinski definition) is 2. The number of rotatable bonds is 4. The number of carbonyl (C=O) groups excluding carboxylic acids is 3. The Balaban J connectivity index is 1.66. The Morgan fingerprint density at radius 3 is 2.55 bits per heavy atom. The van der Waals surface area contributed by atoms with E-state index in [1.807, 2.05) is 0 Å². The third-order valence-electron chi connectivity index (χ3n) is 5.16. The highest BCUT2D eigenvalue weighted by atomic mass is 16.4. The predicted molar refractivity (Wildman–Crippen MR) is 102 cm³/mol. The van der Waals surface area contributed by atoms with Crippen LogP contribution in [0, 0.1) is 0 Å². The van der Waals surface area contributed by atoms with Gasteiger partial charge in [0, 0.05) is 11.6 Å². The number of carbonyl (C=O) groups is 4. The van der Waals surface area contributed by atoms with Crippen LogP contribution < -0.4 is 5.32 Å². The van der Waals surface area contributed by atoms with Crippen LogP contribution in [0.3, 0.4) is 0 Å². The lowest BCUT2D eigenvalue weighted by Gasteiger charge is -2.30. The van der Waals surface area contributed by atoms with E-state index in [4.69, 9.17) is 4.42 Å². The van der Waals surface area contributed by atoms with Crippen LogP contribution in [0.15, 0.2) is 46.4 Å². The molecule has 2 aromatic rings. The quantitative estimate of drug-likeness (QED) is 0.608. The van der Waals surface area contributed by atoms with Crippen LogP contribution in [0.1, 0.15) is 41.8 Å². The minimum absolute atomic E-state index is 0.0746. The number of nitrogens with one attached hydrogen (secondary N) is 1. The number of benzene rings is 1. The maximum absolute atomic E-state index is 12.8. The molecule has 2 fully saturated rings. The zero-order chi connectivity index (χ0) is 20.5. The van der Waals surface area contributed by atoms with Gasteiger partial charge in [-0.15, -0.1) is 0 Å². The average Bonchev–Trinajstić information content (AvgIpc) is 3.37. The number of hydrogen-bond acceptors (Lipinski definition) is 5. The van der Waals surface area contributed by atoms with Gasteiger partial charge < -0.3 is 9.52 Å². The van der Waals surface area contributed by atoms with Crippen LogP contribution in [-0.4, -0.2) is 39.9 Å². The summed E-state index contributed by atoms with van der Waals surface area (Å²) in [6.07, 6.45) is 4.58. The van der Waals surface area contributed by atoms with Crippen molar-refractivity contribution in [1.82, 2.24) is 10.2 Å². The Kier molecular flexibility index (Phi) is 4.75. The highest BCUT2D eigenvalue weighted by Crippen LogP contribution is 2.29. The summed E-state index contributed by atoms with van der Waals surface area (Å²) < 4.78 is 5.67. The van der Waals surface area contributed by atoms with E-state index in [2.05, 4.69) is 5.32 Å². The van der Waals surface area contributed by atoms with Crippen molar-refractivity contribution >= 4 is 29.9 Å². The number of aromatic carboxylic acids is 1. The van der Waals surface area contributed by atoms with Gasteiger partial charge in [0.2, 0.25) is 0 Å². The normalized spacial score (nSPS) is 19.1. The highest BCUT2D eigenvalue weighted by molar-refractivity contribution is 6.31. The van der Waals surface area contributed by atoms with E-state index in [1.165, 1.54) is 18.2 Å². The van der Waals surface area contributed by atoms with E-state index in [9.17, 15) is 24.3 Å². The molecule has 4 amide bonds. The van der Waals surface area contributed by atoms with Crippen LogP contribution >= 0.6 is 0 Å². The lowest BCUT2D eigenvalue weighted by Crippen LogP contribution is -2.57. The van der Waals surface area contributed by atoms with E-state index in [0.717, 1.165) is 30.6 Å². The smallest absolute Gasteiger partial charge is 0.336 e. The van der Waals surface area contributed by atoms with E-state index in [1.54, 1.807) is 24.3 Å². The Labute approximate surface area is 165 Å².